The molecule has 1 saturated carbocycles. The molecule has 1 aliphatic carbocycles. The average molecular weight is 463 g/mol. The zero-order valence-corrected chi connectivity index (χ0v) is 24.8. The molecule has 7 heteroatoms. The van der Waals surface area contributed by atoms with Gasteiger partial charge in [-0.15, -0.1) is 0 Å². The van der Waals surface area contributed by atoms with Crippen molar-refractivity contribution in [2.75, 3.05) is 0 Å². The molecule has 1 aliphatic rings. The lowest BCUT2D eigenvalue weighted by Gasteiger charge is -2.55. The molecule has 174 valence electrons. The highest BCUT2D eigenvalue weighted by Gasteiger charge is 2.55. The standard InChI is InChI=1S/C22H50O4Si3/c1-20(2,3)28(11,12)24-18-15-17(23)16-19(22(18,7)26-27(8,9)10)25-29(13,14)21(4,5)6/h17-19,23H,15-16H2,1-14H3/t17?,18-,19+,22?. The van der Waals surface area contributed by atoms with Crippen molar-refractivity contribution in [1.29, 1.82) is 0 Å². The highest BCUT2D eigenvalue weighted by molar-refractivity contribution is 6.74. The fraction of sp³-hybridized carbons (Fsp3) is 1.00. The first-order valence-electron chi connectivity index (χ1n) is 11.3. The number of hydrogen-bond acceptors (Lipinski definition) is 4. The molecule has 0 radical (unpaired) electrons. The Kier molecular flexibility index (Phi) is 8.02. The van der Waals surface area contributed by atoms with Crippen LogP contribution in [0.15, 0.2) is 0 Å². The van der Waals surface area contributed by atoms with Crippen LogP contribution in [0.4, 0.5) is 0 Å². The predicted molar refractivity (Wildman–Crippen MR) is 132 cm³/mol. The molecular weight excluding hydrogens is 412 g/mol. The van der Waals surface area contributed by atoms with Crippen molar-refractivity contribution >= 4 is 25.0 Å². The number of rotatable bonds is 6. The van der Waals surface area contributed by atoms with E-state index in [0.29, 0.717) is 12.8 Å². The number of hydrogen-bond donors (Lipinski definition) is 1. The predicted octanol–water partition coefficient (Wildman–Crippen LogP) is 6.53. The molecule has 0 aromatic heterocycles. The molecule has 2 unspecified atom stereocenters. The molecule has 0 aliphatic heterocycles. The molecule has 4 nitrogen and oxygen atoms in total. The van der Waals surface area contributed by atoms with Gasteiger partial charge in [-0.1, -0.05) is 41.5 Å². The van der Waals surface area contributed by atoms with Crippen LogP contribution in [0.3, 0.4) is 0 Å². The molecule has 0 saturated heterocycles. The third-order valence-electron chi connectivity index (χ3n) is 7.26. The summed E-state index contributed by atoms with van der Waals surface area (Å²) in [6.07, 6.45) is 0.496. The van der Waals surface area contributed by atoms with Gasteiger partial charge in [-0.25, -0.2) is 0 Å². The van der Waals surface area contributed by atoms with Crippen molar-refractivity contribution in [3.63, 3.8) is 0 Å². The van der Waals surface area contributed by atoms with Gasteiger partial charge in [-0.2, -0.15) is 0 Å². The van der Waals surface area contributed by atoms with E-state index < -0.39 is 36.7 Å². The monoisotopic (exact) mass is 462 g/mol. The van der Waals surface area contributed by atoms with Crippen LogP contribution < -0.4 is 0 Å². The first kappa shape index (κ1) is 27.5. The minimum absolute atomic E-state index is 0.102. The maximum absolute atomic E-state index is 10.8. The SMILES string of the molecule is CC1(O[Si](C)(C)C)[C@@H](O[Si](C)(C)C(C)(C)C)CC(O)C[C@H]1O[Si](C)(C)C(C)(C)C. The summed E-state index contributed by atoms with van der Waals surface area (Å²) < 4.78 is 20.7. The van der Waals surface area contributed by atoms with E-state index in [1.165, 1.54) is 0 Å². The quantitative estimate of drug-likeness (QED) is 0.456. The lowest BCUT2D eigenvalue weighted by atomic mass is 9.80. The van der Waals surface area contributed by atoms with Gasteiger partial charge in [0.1, 0.15) is 5.60 Å². The van der Waals surface area contributed by atoms with E-state index in [0.717, 1.165) is 0 Å². The lowest BCUT2D eigenvalue weighted by molar-refractivity contribution is -0.158. The summed E-state index contributed by atoms with van der Waals surface area (Å²) in [6.45, 7) is 31.6. The van der Waals surface area contributed by atoms with Gasteiger partial charge in [0.2, 0.25) is 0 Å². The minimum atomic E-state index is -2.03. The Morgan fingerprint density at radius 1 is 0.724 bits per heavy atom. The van der Waals surface area contributed by atoms with Crippen LogP contribution >= 0.6 is 0 Å². The summed E-state index contributed by atoms with van der Waals surface area (Å²) in [7, 11) is -5.94. The molecule has 0 bridgehead atoms. The van der Waals surface area contributed by atoms with Gasteiger partial charge in [-0.3, -0.25) is 0 Å². The second-order valence-corrected chi connectivity index (χ2v) is 27.2. The maximum atomic E-state index is 10.8. The molecule has 0 amide bonds. The van der Waals surface area contributed by atoms with Gasteiger partial charge in [0.05, 0.1) is 18.3 Å². The first-order chi connectivity index (χ1) is 12.5. The van der Waals surface area contributed by atoms with Crippen LogP contribution in [0.1, 0.15) is 61.3 Å². The van der Waals surface area contributed by atoms with E-state index in [-0.39, 0.29) is 22.3 Å². The molecule has 4 atom stereocenters. The summed E-state index contributed by atoms with van der Waals surface area (Å²) in [5, 5.41) is 11.0. The Balaban J connectivity index is 3.39. The van der Waals surface area contributed by atoms with Crippen molar-refractivity contribution in [2.45, 2.75) is 141 Å². The van der Waals surface area contributed by atoms with Crippen LogP contribution in [0.2, 0.25) is 55.9 Å². The van der Waals surface area contributed by atoms with Gasteiger partial charge in [0.15, 0.2) is 25.0 Å². The van der Waals surface area contributed by atoms with Crippen molar-refractivity contribution in [2.24, 2.45) is 0 Å². The van der Waals surface area contributed by atoms with E-state index in [1.807, 2.05) is 0 Å². The van der Waals surface area contributed by atoms with E-state index >= 15 is 0 Å². The van der Waals surface area contributed by atoms with Crippen LogP contribution in [-0.2, 0) is 13.3 Å². The van der Waals surface area contributed by atoms with Gasteiger partial charge < -0.3 is 18.4 Å². The molecule has 1 fully saturated rings. The van der Waals surface area contributed by atoms with Gasteiger partial charge in [-0.05, 0) is 62.8 Å². The highest BCUT2D eigenvalue weighted by atomic mass is 28.4. The van der Waals surface area contributed by atoms with Crippen LogP contribution in [0.25, 0.3) is 0 Å². The zero-order valence-electron chi connectivity index (χ0n) is 21.8. The molecule has 0 spiro atoms. The van der Waals surface area contributed by atoms with E-state index in [9.17, 15) is 5.11 Å². The Labute approximate surface area is 184 Å². The first-order valence-corrected chi connectivity index (χ1v) is 20.5. The van der Waals surface area contributed by atoms with Crippen molar-refractivity contribution in [3.8, 4) is 0 Å². The van der Waals surface area contributed by atoms with E-state index in [2.05, 4.69) is 94.3 Å². The topological polar surface area (TPSA) is 47.9 Å². The third kappa shape index (κ3) is 6.73. The number of aliphatic hydroxyl groups is 1. The second kappa shape index (κ2) is 8.45. The highest BCUT2D eigenvalue weighted by Crippen LogP contribution is 2.46. The summed E-state index contributed by atoms with van der Waals surface area (Å²) in [5.41, 5.74) is -0.547. The Morgan fingerprint density at radius 3 is 1.28 bits per heavy atom. The molecule has 0 heterocycles. The molecule has 29 heavy (non-hydrogen) atoms. The van der Waals surface area contributed by atoms with Crippen LogP contribution in [0, 0.1) is 0 Å². The second-order valence-electron chi connectivity index (χ2n) is 13.3. The normalized spacial score (nSPS) is 30.5. The van der Waals surface area contributed by atoms with Crippen molar-refractivity contribution in [3.05, 3.63) is 0 Å². The molecule has 0 aromatic carbocycles. The van der Waals surface area contributed by atoms with Gasteiger partial charge in [0, 0.05) is 12.8 Å². The summed E-state index contributed by atoms with van der Waals surface area (Å²) in [6, 6.07) is 0. The fourth-order valence-corrected chi connectivity index (χ4v) is 7.82. The molecule has 0 aromatic rings. The fourth-order valence-electron chi connectivity index (χ4n) is 3.45. The van der Waals surface area contributed by atoms with Crippen molar-refractivity contribution in [1.82, 2.24) is 0 Å². The minimum Gasteiger partial charge on any atom is -0.411 e. The smallest absolute Gasteiger partial charge is 0.192 e. The maximum Gasteiger partial charge on any atom is 0.192 e. The third-order valence-corrected chi connectivity index (χ3v) is 17.3. The van der Waals surface area contributed by atoms with Crippen LogP contribution in [0.5, 0.6) is 0 Å². The van der Waals surface area contributed by atoms with Crippen LogP contribution in [-0.4, -0.2) is 54.0 Å². The lowest BCUT2D eigenvalue weighted by Crippen LogP contribution is -2.66. The largest absolute Gasteiger partial charge is 0.411 e. The molecule has 1 N–H and O–H groups in total. The molecular formula is C22H50O4Si3. The van der Waals surface area contributed by atoms with Gasteiger partial charge in [0.25, 0.3) is 0 Å². The zero-order chi connectivity index (χ0) is 23.3. The summed E-state index contributed by atoms with van der Waals surface area (Å²) in [4.78, 5) is 0. The summed E-state index contributed by atoms with van der Waals surface area (Å²) in [5.74, 6) is 0. The number of aliphatic hydroxyl groups excluding tert-OH is 1. The Hall–Kier alpha value is 0.491. The van der Waals surface area contributed by atoms with E-state index in [4.69, 9.17) is 13.3 Å². The van der Waals surface area contributed by atoms with Crippen molar-refractivity contribution < 1.29 is 18.4 Å². The van der Waals surface area contributed by atoms with E-state index in [1.54, 1.807) is 0 Å². The summed E-state index contributed by atoms with van der Waals surface area (Å²) >= 11 is 0. The Morgan fingerprint density at radius 2 is 1.03 bits per heavy atom. The average Bonchev–Trinajstić information content (AvgIpc) is 2.39. The Bertz CT molecular complexity index is 518. The molecule has 1 rings (SSSR count). The van der Waals surface area contributed by atoms with Gasteiger partial charge >= 0.3 is 0 Å².